The third-order valence-electron chi connectivity index (χ3n) is 2.63. The third kappa shape index (κ3) is 3.42. The summed E-state index contributed by atoms with van der Waals surface area (Å²) in [5.41, 5.74) is 1.39. The number of rotatable bonds is 2. The number of carbonyl (C=O) groups excluding carboxylic acids is 1. The number of nitrogens with zero attached hydrogens (tertiary/aromatic N) is 2. The zero-order chi connectivity index (χ0) is 13.7. The molecule has 1 amide bonds. The van der Waals surface area contributed by atoms with Crippen LogP contribution in [0.15, 0.2) is 65.7 Å². The van der Waals surface area contributed by atoms with Gasteiger partial charge in [0.1, 0.15) is 0 Å². The van der Waals surface area contributed by atoms with Crippen LogP contribution in [0.3, 0.4) is 0 Å². The van der Waals surface area contributed by atoms with E-state index in [2.05, 4.69) is 4.99 Å². The van der Waals surface area contributed by atoms with E-state index < -0.39 is 0 Å². The second kappa shape index (κ2) is 6.16. The van der Waals surface area contributed by atoms with Gasteiger partial charge < -0.3 is 4.90 Å². The molecule has 0 aliphatic heterocycles. The first kappa shape index (κ1) is 13.3. The molecule has 0 N–H and O–H groups in total. The molecule has 0 bridgehead atoms. The number of carbonyl (C=O) groups is 1. The van der Waals surface area contributed by atoms with E-state index in [4.69, 9.17) is 11.6 Å². The zero-order valence-electron chi connectivity index (χ0n) is 10.5. The highest BCUT2D eigenvalue weighted by Crippen LogP contribution is 2.13. The van der Waals surface area contributed by atoms with E-state index in [1.54, 1.807) is 36.2 Å². The molecule has 0 heterocycles. The minimum Gasteiger partial charge on any atom is -0.320 e. The van der Waals surface area contributed by atoms with Crippen LogP contribution in [0.1, 0.15) is 10.4 Å². The average molecular weight is 273 g/mol. The van der Waals surface area contributed by atoms with Crippen LogP contribution in [0.5, 0.6) is 0 Å². The van der Waals surface area contributed by atoms with Crippen molar-refractivity contribution in [2.45, 2.75) is 0 Å². The molecule has 0 unspecified atom stereocenters. The number of para-hydroxylation sites is 1. The lowest BCUT2D eigenvalue weighted by atomic mass is 10.2. The number of amides is 1. The van der Waals surface area contributed by atoms with Crippen LogP contribution in [0, 0.1) is 0 Å². The van der Waals surface area contributed by atoms with Crippen LogP contribution in [0.4, 0.5) is 5.69 Å². The largest absolute Gasteiger partial charge is 0.320 e. The average Bonchev–Trinajstić information content (AvgIpc) is 2.48. The number of aliphatic imine (C=N–C) groups is 1. The lowest BCUT2D eigenvalue weighted by Gasteiger charge is -2.16. The van der Waals surface area contributed by atoms with Gasteiger partial charge in [-0.1, -0.05) is 36.4 Å². The minimum atomic E-state index is -0.353. The van der Waals surface area contributed by atoms with Gasteiger partial charge in [0.2, 0.25) is 5.29 Å². The second-order valence-electron chi connectivity index (χ2n) is 3.95. The summed E-state index contributed by atoms with van der Waals surface area (Å²) in [6, 6.07) is 18.3. The Balaban J connectivity index is 2.18. The molecule has 0 spiro atoms. The van der Waals surface area contributed by atoms with E-state index in [1.165, 1.54) is 0 Å². The normalized spacial score (nSPS) is 11.2. The molecule has 2 rings (SSSR count). The van der Waals surface area contributed by atoms with Crippen molar-refractivity contribution in [2.24, 2.45) is 4.99 Å². The molecule has 3 nitrogen and oxygen atoms in total. The van der Waals surface area contributed by atoms with Gasteiger partial charge in [0.15, 0.2) is 0 Å². The molecule has 2 aromatic carbocycles. The van der Waals surface area contributed by atoms with Crippen molar-refractivity contribution in [3.63, 3.8) is 0 Å². The first-order chi connectivity index (χ1) is 9.18. The molecule has 0 saturated heterocycles. The van der Waals surface area contributed by atoms with Crippen LogP contribution in [-0.2, 0) is 0 Å². The van der Waals surface area contributed by atoms with E-state index >= 15 is 0 Å². The second-order valence-corrected chi connectivity index (χ2v) is 4.28. The molecular formula is C15H13ClN2O. The summed E-state index contributed by atoms with van der Waals surface area (Å²) in [5.74, 6) is -0.353. The monoisotopic (exact) mass is 272 g/mol. The Hall–Kier alpha value is -2.13. The van der Waals surface area contributed by atoms with Crippen molar-refractivity contribution in [1.82, 2.24) is 0 Å². The van der Waals surface area contributed by atoms with Crippen LogP contribution in [0.25, 0.3) is 0 Å². The van der Waals surface area contributed by atoms with E-state index in [1.807, 2.05) is 36.4 Å². The van der Waals surface area contributed by atoms with Gasteiger partial charge in [0, 0.05) is 18.3 Å². The maximum Gasteiger partial charge on any atom is 0.279 e. The van der Waals surface area contributed by atoms with Crippen molar-refractivity contribution in [2.75, 3.05) is 11.9 Å². The minimum absolute atomic E-state index is 0.139. The Labute approximate surface area is 117 Å². The Morgan fingerprint density at radius 1 is 1.00 bits per heavy atom. The van der Waals surface area contributed by atoms with Gasteiger partial charge >= 0.3 is 0 Å². The standard InChI is InChI=1S/C15H13ClN2O/c1-18(13-10-6-3-7-11-13)15(16)17-14(19)12-8-4-2-5-9-12/h2-11H,1H3. The van der Waals surface area contributed by atoms with Crippen LogP contribution < -0.4 is 4.90 Å². The lowest BCUT2D eigenvalue weighted by molar-refractivity contribution is 0.100. The highest BCUT2D eigenvalue weighted by molar-refractivity contribution is 6.68. The molecule has 0 saturated carbocycles. The summed E-state index contributed by atoms with van der Waals surface area (Å²) in [7, 11) is 1.76. The Morgan fingerprint density at radius 2 is 1.53 bits per heavy atom. The molecule has 0 aliphatic carbocycles. The van der Waals surface area contributed by atoms with Gasteiger partial charge in [-0.3, -0.25) is 4.79 Å². The predicted octanol–water partition coefficient (Wildman–Crippen LogP) is 3.56. The van der Waals surface area contributed by atoms with E-state index in [0.29, 0.717) is 5.56 Å². The number of halogens is 1. The topological polar surface area (TPSA) is 32.7 Å². The summed E-state index contributed by atoms with van der Waals surface area (Å²) in [6.45, 7) is 0. The van der Waals surface area contributed by atoms with Crippen LogP contribution in [0.2, 0.25) is 0 Å². The van der Waals surface area contributed by atoms with Gasteiger partial charge in [0.25, 0.3) is 5.91 Å². The van der Waals surface area contributed by atoms with Gasteiger partial charge in [-0.05, 0) is 35.9 Å². The molecule has 2 aromatic rings. The van der Waals surface area contributed by atoms with Crippen molar-refractivity contribution in [3.8, 4) is 0 Å². The Kier molecular flexibility index (Phi) is 4.31. The molecule has 0 atom stereocenters. The fourth-order valence-electron chi connectivity index (χ4n) is 1.56. The maximum atomic E-state index is 11.9. The number of benzene rings is 2. The molecule has 0 fully saturated rings. The highest BCUT2D eigenvalue weighted by Gasteiger charge is 2.09. The van der Waals surface area contributed by atoms with Crippen LogP contribution in [-0.4, -0.2) is 18.2 Å². The molecule has 0 aromatic heterocycles. The molecule has 4 heteroatoms. The summed E-state index contributed by atoms with van der Waals surface area (Å²) >= 11 is 6.07. The number of amidine groups is 1. The molecule has 19 heavy (non-hydrogen) atoms. The SMILES string of the molecule is CN(C(Cl)=NC(=O)c1ccccc1)c1ccccc1. The van der Waals surface area contributed by atoms with Crippen molar-refractivity contribution < 1.29 is 4.79 Å². The van der Waals surface area contributed by atoms with Crippen molar-refractivity contribution in [1.29, 1.82) is 0 Å². The summed E-state index contributed by atoms with van der Waals surface area (Å²) in [6.07, 6.45) is 0. The van der Waals surface area contributed by atoms with Gasteiger partial charge in [-0.2, -0.15) is 4.99 Å². The van der Waals surface area contributed by atoms with E-state index in [9.17, 15) is 4.79 Å². The quantitative estimate of drug-likeness (QED) is 0.476. The summed E-state index contributed by atoms with van der Waals surface area (Å²) in [5, 5.41) is 0.139. The Bertz CT molecular complexity index is 582. The molecule has 96 valence electrons. The van der Waals surface area contributed by atoms with Gasteiger partial charge in [-0.15, -0.1) is 0 Å². The third-order valence-corrected chi connectivity index (χ3v) is 2.97. The lowest BCUT2D eigenvalue weighted by Crippen LogP contribution is -2.22. The van der Waals surface area contributed by atoms with Crippen molar-refractivity contribution in [3.05, 3.63) is 66.2 Å². The zero-order valence-corrected chi connectivity index (χ0v) is 11.2. The van der Waals surface area contributed by atoms with E-state index in [0.717, 1.165) is 5.69 Å². The smallest absolute Gasteiger partial charge is 0.279 e. The van der Waals surface area contributed by atoms with E-state index in [-0.39, 0.29) is 11.2 Å². The van der Waals surface area contributed by atoms with Crippen LogP contribution >= 0.6 is 11.6 Å². The number of hydrogen-bond acceptors (Lipinski definition) is 1. The summed E-state index contributed by atoms with van der Waals surface area (Å²) in [4.78, 5) is 17.4. The highest BCUT2D eigenvalue weighted by atomic mass is 35.5. The Morgan fingerprint density at radius 3 is 2.11 bits per heavy atom. The number of hydrogen-bond donors (Lipinski definition) is 0. The molecular weight excluding hydrogens is 260 g/mol. The van der Waals surface area contributed by atoms with Crippen molar-refractivity contribution >= 4 is 28.5 Å². The fraction of sp³-hybridized carbons (Fsp3) is 0.0667. The fourth-order valence-corrected chi connectivity index (χ4v) is 1.74. The maximum absolute atomic E-state index is 11.9. The van der Waals surface area contributed by atoms with Gasteiger partial charge in [0.05, 0.1) is 0 Å². The summed E-state index contributed by atoms with van der Waals surface area (Å²) < 4.78 is 0. The first-order valence-corrected chi connectivity index (χ1v) is 6.18. The first-order valence-electron chi connectivity index (χ1n) is 5.81. The number of anilines is 1. The predicted molar refractivity (Wildman–Crippen MR) is 78.9 cm³/mol. The molecule has 0 radical (unpaired) electrons. The molecule has 0 aliphatic rings. The van der Waals surface area contributed by atoms with Gasteiger partial charge in [-0.25, -0.2) is 0 Å².